The molecule has 1 rings (SSSR count). The Morgan fingerprint density at radius 2 is 2.21 bits per heavy atom. The first kappa shape index (κ1) is 12.0. The van der Waals surface area contributed by atoms with Crippen LogP contribution >= 0.6 is 39.1 Å². The van der Waals surface area contributed by atoms with Gasteiger partial charge in [-0.1, -0.05) is 39.7 Å². The molecule has 1 unspecified atom stereocenters. The Morgan fingerprint density at radius 3 is 2.64 bits per heavy atom. The van der Waals surface area contributed by atoms with E-state index in [2.05, 4.69) is 15.9 Å². The fourth-order valence-electron chi connectivity index (χ4n) is 1.08. The van der Waals surface area contributed by atoms with Crippen molar-refractivity contribution in [3.8, 4) is 0 Å². The lowest BCUT2D eigenvalue weighted by atomic mass is 10.1. The largest absolute Gasteiger partial charge is 0.298 e. The van der Waals surface area contributed by atoms with Crippen LogP contribution in [0.25, 0.3) is 0 Å². The van der Waals surface area contributed by atoms with E-state index in [1.165, 1.54) is 6.92 Å². The summed E-state index contributed by atoms with van der Waals surface area (Å²) in [4.78, 5) is 10.8. The zero-order chi connectivity index (χ0) is 10.7. The maximum absolute atomic E-state index is 11.1. The Bertz CT molecular complexity index is 352. The van der Waals surface area contributed by atoms with Crippen molar-refractivity contribution in [1.82, 2.24) is 0 Å². The molecule has 0 saturated heterocycles. The minimum absolute atomic E-state index is 0.0329. The van der Waals surface area contributed by atoms with Gasteiger partial charge in [0.2, 0.25) is 0 Å². The second kappa shape index (κ2) is 5.15. The number of ketones is 1. The highest BCUT2D eigenvalue weighted by molar-refractivity contribution is 9.09. The fourth-order valence-corrected chi connectivity index (χ4v) is 2.09. The van der Waals surface area contributed by atoms with Crippen LogP contribution in [0.5, 0.6) is 0 Å². The van der Waals surface area contributed by atoms with Crippen molar-refractivity contribution in [2.75, 3.05) is 0 Å². The van der Waals surface area contributed by atoms with Gasteiger partial charge in [-0.3, -0.25) is 4.79 Å². The third kappa shape index (κ3) is 2.72. The molecule has 0 heterocycles. The number of rotatable bonds is 3. The molecule has 0 aliphatic heterocycles. The van der Waals surface area contributed by atoms with Gasteiger partial charge in [-0.25, -0.2) is 0 Å². The number of Topliss-reactive ketones (excluding diaryl/α,β-unsaturated/α-hetero) is 1. The number of alkyl halides is 2. The Hall–Kier alpha value is -0.0500. The van der Waals surface area contributed by atoms with Gasteiger partial charge in [-0.15, -0.1) is 11.6 Å². The highest BCUT2D eigenvalue weighted by atomic mass is 79.9. The zero-order valence-corrected chi connectivity index (χ0v) is 10.7. The molecule has 0 aliphatic carbocycles. The van der Waals surface area contributed by atoms with Gasteiger partial charge in [0.25, 0.3) is 0 Å². The van der Waals surface area contributed by atoms with Crippen LogP contribution in [0.1, 0.15) is 22.9 Å². The minimum atomic E-state index is -0.334. The van der Waals surface area contributed by atoms with E-state index in [9.17, 15) is 4.79 Å². The molecule has 1 nitrogen and oxygen atoms in total. The molecule has 0 fully saturated rings. The van der Waals surface area contributed by atoms with Gasteiger partial charge in [0, 0.05) is 10.9 Å². The molecule has 1 atom stereocenters. The smallest absolute Gasteiger partial charge is 0.147 e. The summed E-state index contributed by atoms with van der Waals surface area (Å²) in [5.74, 6) is 0.457. The number of carbonyl (C=O) groups is 1. The monoisotopic (exact) mass is 294 g/mol. The fraction of sp³-hybridized carbons (Fsp3) is 0.300. The average molecular weight is 296 g/mol. The molecule has 14 heavy (non-hydrogen) atoms. The molecule has 0 aliphatic rings. The molecule has 0 N–H and O–H groups in total. The summed E-state index contributed by atoms with van der Waals surface area (Å²) < 4.78 is 0. The van der Waals surface area contributed by atoms with Crippen LogP contribution in [0.15, 0.2) is 18.2 Å². The van der Waals surface area contributed by atoms with Crippen molar-refractivity contribution in [3.05, 3.63) is 34.3 Å². The molecular formula is C10H9BrCl2O. The Kier molecular flexibility index (Phi) is 4.42. The zero-order valence-electron chi connectivity index (χ0n) is 7.56. The van der Waals surface area contributed by atoms with Gasteiger partial charge in [0.1, 0.15) is 5.78 Å². The third-order valence-electron chi connectivity index (χ3n) is 1.85. The molecule has 76 valence electrons. The van der Waals surface area contributed by atoms with Crippen LogP contribution in [0.4, 0.5) is 0 Å². The molecule has 1 aromatic carbocycles. The highest BCUT2D eigenvalue weighted by Gasteiger charge is 2.15. The third-order valence-corrected chi connectivity index (χ3v) is 3.62. The van der Waals surface area contributed by atoms with Crippen LogP contribution < -0.4 is 0 Å². The molecule has 4 heteroatoms. The van der Waals surface area contributed by atoms with Gasteiger partial charge < -0.3 is 0 Å². The molecule has 1 aromatic rings. The second-order valence-electron chi connectivity index (χ2n) is 2.96. The summed E-state index contributed by atoms with van der Waals surface area (Å²) >= 11 is 14.9. The second-order valence-corrected chi connectivity index (χ2v) is 4.55. The SMILES string of the molecule is CC(=O)C(Br)c1ccc(CCl)cc1Cl. The average Bonchev–Trinajstić information content (AvgIpc) is 2.16. The van der Waals surface area contributed by atoms with E-state index < -0.39 is 0 Å². The summed E-state index contributed by atoms with van der Waals surface area (Å²) in [6, 6.07) is 5.47. The van der Waals surface area contributed by atoms with Crippen molar-refractivity contribution >= 4 is 44.9 Å². The Labute approximate surface area is 102 Å². The first-order valence-electron chi connectivity index (χ1n) is 4.05. The van der Waals surface area contributed by atoms with Gasteiger partial charge in [0.15, 0.2) is 0 Å². The predicted octanol–water partition coefficient (Wildman–Crippen LogP) is 4.10. The Balaban J connectivity index is 3.05. The van der Waals surface area contributed by atoms with Gasteiger partial charge in [0.05, 0.1) is 4.83 Å². The van der Waals surface area contributed by atoms with Crippen molar-refractivity contribution in [2.24, 2.45) is 0 Å². The summed E-state index contributed by atoms with van der Waals surface area (Å²) in [5, 5.41) is 0.570. The highest BCUT2D eigenvalue weighted by Crippen LogP contribution is 2.31. The minimum Gasteiger partial charge on any atom is -0.298 e. The molecule has 0 radical (unpaired) electrons. The number of benzene rings is 1. The summed E-state index contributed by atoms with van der Waals surface area (Å²) in [6.45, 7) is 1.52. The predicted molar refractivity (Wildman–Crippen MR) is 63.4 cm³/mol. The van der Waals surface area contributed by atoms with E-state index in [-0.39, 0.29) is 10.6 Å². The van der Waals surface area contributed by atoms with Crippen LogP contribution in [-0.2, 0) is 10.7 Å². The first-order chi connectivity index (χ1) is 6.56. The maximum atomic E-state index is 11.1. The van der Waals surface area contributed by atoms with Crippen molar-refractivity contribution < 1.29 is 4.79 Å². The molecule has 0 bridgehead atoms. The molecular weight excluding hydrogens is 287 g/mol. The van der Waals surface area contributed by atoms with E-state index in [1.807, 2.05) is 12.1 Å². The summed E-state index contributed by atoms with van der Waals surface area (Å²) in [7, 11) is 0. The van der Waals surface area contributed by atoms with Gasteiger partial charge >= 0.3 is 0 Å². The summed E-state index contributed by atoms with van der Waals surface area (Å²) in [6.07, 6.45) is 0. The number of hydrogen-bond acceptors (Lipinski definition) is 1. The van der Waals surface area contributed by atoms with E-state index in [1.54, 1.807) is 6.07 Å². The first-order valence-corrected chi connectivity index (χ1v) is 5.88. The van der Waals surface area contributed by atoms with E-state index in [0.29, 0.717) is 10.9 Å². The topological polar surface area (TPSA) is 17.1 Å². The number of carbonyl (C=O) groups excluding carboxylic acids is 1. The van der Waals surface area contributed by atoms with Crippen molar-refractivity contribution in [3.63, 3.8) is 0 Å². The number of halogens is 3. The lowest BCUT2D eigenvalue weighted by Crippen LogP contribution is -2.01. The van der Waals surface area contributed by atoms with Crippen molar-refractivity contribution in [1.29, 1.82) is 0 Å². The van der Waals surface area contributed by atoms with Crippen LogP contribution in [-0.4, -0.2) is 5.78 Å². The molecule has 0 saturated carbocycles. The van der Waals surface area contributed by atoms with Crippen LogP contribution in [0.3, 0.4) is 0 Å². The molecule has 0 spiro atoms. The lowest BCUT2D eigenvalue weighted by molar-refractivity contribution is -0.116. The van der Waals surface area contributed by atoms with E-state index >= 15 is 0 Å². The van der Waals surface area contributed by atoms with Crippen molar-refractivity contribution in [2.45, 2.75) is 17.6 Å². The van der Waals surface area contributed by atoms with E-state index in [0.717, 1.165) is 11.1 Å². The molecule has 0 amide bonds. The quantitative estimate of drug-likeness (QED) is 0.767. The standard InChI is InChI=1S/C10H9BrCl2O/c1-6(14)10(11)8-3-2-7(5-12)4-9(8)13/h2-4,10H,5H2,1H3. The maximum Gasteiger partial charge on any atom is 0.147 e. The van der Waals surface area contributed by atoms with Crippen LogP contribution in [0.2, 0.25) is 5.02 Å². The normalized spacial score (nSPS) is 12.6. The molecule has 0 aromatic heterocycles. The number of hydrogen-bond donors (Lipinski definition) is 0. The van der Waals surface area contributed by atoms with E-state index in [4.69, 9.17) is 23.2 Å². The summed E-state index contributed by atoms with van der Waals surface area (Å²) in [5.41, 5.74) is 1.73. The van der Waals surface area contributed by atoms with Gasteiger partial charge in [-0.2, -0.15) is 0 Å². The van der Waals surface area contributed by atoms with Crippen LogP contribution in [0, 0.1) is 0 Å². The van der Waals surface area contributed by atoms with Gasteiger partial charge in [-0.05, 0) is 24.1 Å². The Morgan fingerprint density at radius 1 is 1.57 bits per heavy atom. The lowest BCUT2D eigenvalue weighted by Gasteiger charge is -2.09.